The van der Waals surface area contributed by atoms with Gasteiger partial charge in [0, 0.05) is 35.5 Å². The number of amides is 1. The zero-order valence-corrected chi connectivity index (χ0v) is 11.1. The average molecular weight is 308 g/mol. The molecular weight excluding hydrogens is 298 g/mol. The number of hydrogen-bond acceptors (Lipinski definition) is 3. The molecule has 1 N–H and O–H groups in total. The Morgan fingerprint density at radius 1 is 1.39 bits per heavy atom. The van der Waals surface area contributed by atoms with Crippen molar-refractivity contribution in [3.63, 3.8) is 0 Å². The molecule has 2 aromatic heterocycles. The number of pyridine rings is 2. The summed E-state index contributed by atoms with van der Waals surface area (Å²) in [5, 5.41) is 2.61. The number of nitrogens with one attached hydrogen (secondary N) is 1. The molecule has 0 aliphatic rings. The summed E-state index contributed by atoms with van der Waals surface area (Å²) in [5.41, 5.74) is 0.0780. The maximum atomic E-state index is 11.9. The van der Waals surface area contributed by atoms with Gasteiger partial charge in [-0.15, -0.1) is 0 Å². The van der Waals surface area contributed by atoms with Crippen LogP contribution in [0.5, 0.6) is 0 Å². The summed E-state index contributed by atoms with van der Waals surface area (Å²) >= 11 is 3.25. The first-order valence-corrected chi connectivity index (χ1v) is 5.95. The lowest BCUT2D eigenvalue weighted by molar-refractivity contribution is 0.102. The molecule has 92 valence electrons. The van der Waals surface area contributed by atoms with Gasteiger partial charge in [0.05, 0.1) is 0 Å². The van der Waals surface area contributed by atoms with Crippen LogP contribution in [0.15, 0.2) is 45.9 Å². The molecule has 0 aliphatic heterocycles. The van der Waals surface area contributed by atoms with Gasteiger partial charge in [0.2, 0.25) is 0 Å². The second kappa shape index (κ2) is 5.14. The largest absolute Gasteiger partial charge is 0.319 e. The van der Waals surface area contributed by atoms with Crippen LogP contribution < -0.4 is 10.9 Å². The maximum absolute atomic E-state index is 11.9. The third-order valence-corrected chi connectivity index (χ3v) is 2.80. The number of carbonyl (C=O) groups excluding carboxylic acids is 1. The second-order valence-corrected chi connectivity index (χ2v) is 4.60. The second-order valence-electron chi connectivity index (χ2n) is 3.68. The molecular formula is C12H10BrN3O2. The lowest BCUT2D eigenvalue weighted by Gasteiger charge is -2.04. The molecule has 0 aliphatic carbocycles. The molecule has 2 rings (SSSR count). The fourth-order valence-corrected chi connectivity index (χ4v) is 1.56. The van der Waals surface area contributed by atoms with E-state index in [9.17, 15) is 9.59 Å². The van der Waals surface area contributed by atoms with Gasteiger partial charge >= 0.3 is 0 Å². The number of aromatic nitrogens is 2. The zero-order chi connectivity index (χ0) is 13.1. The van der Waals surface area contributed by atoms with Gasteiger partial charge in [0.1, 0.15) is 5.82 Å². The Morgan fingerprint density at radius 2 is 2.17 bits per heavy atom. The Kier molecular flexibility index (Phi) is 3.57. The lowest BCUT2D eigenvalue weighted by atomic mass is 10.2. The molecule has 6 heteroatoms. The van der Waals surface area contributed by atoms with Gasteiger partial charge in [-0.3, -0.25) is 9.59 Å². The highest BCUT2D eigenvalue weighted by molar-refractivity contribution is 9.10. The third-order valence-electron chi connectivity index (χ3n) is 2.34. The lowest BCUT2D eigenvalue weighted by Crippen LogP contribution is -2.20. The van der Waals surface area contributed by atoms with Crippen LogP contribution >= 0.6 is 15.9 Å². The maximum Gasteiger partial charge on any atom is 0.257 e. The number of rotatable bonds is 2. The zero-order valence-electron chi connectivity index (χ0n) is 9.55. The van der Waals surface area contributed by atoms with Gasteiger partial charge in [-0.25, -0.2) is 4.98 Å². The van der Waals surface area contributed by atoms with Gasteiger partial charge < -0.3 is 9.88 Å². The molecule has 0 bridgehead atoms. The fraction of sp³-hybridized carbons (Fsp3) is 0.0833. The van der Waals surface area contributed by atoms with E-state index in [-0.39, 0.29) is 11.5 Å². The average Bonchev–Trinajstić information content (AvgIpc) is 2.35. The van der Waals surface area contributed by atoms with E-state index in [1.54, 1.807) is 37.6 Å². The van der Waals surface area contributed by atoms with Gasteiger partial charge in [-0.2, -0.15) is 0 Å². The van der Waals surface area contributed by atoms with Crippen molar-refractivity contribution in [1.29, 1.82) is 0 Å². The topological polar surface area (TPSA) is 64.0 Å². The van der Waals surface area contributed by atoms with Crippen LogP contribution in [0, 0.1) is 0 Å². The molecule has 5 nitrogen and oxygen atoms in total. The molecule has 0 atom stereocenters. The van der Waals surface area contributed by atoms with Crippen LogP contribution in [0.3, 0.4) is 0 Å². The predicted molar refractivity (Wildman–Crippen MR) is 71.6 cm³/mol. The van der Waals surface area contributed by atoms with Crippen LogP contribution in [-0.4, -0.2) is 15.5 Å². The molecule has 0 unspecified atom stereocenters. The predicted octanol–water partition coefficient (Wildman–Crippen LogP) is 1.80. The van der Waals surface area contributed by atoms with E-state index in [1.165, 1.54) is 10.6 Å². The van der Waals surface area contributed by atoms with E-state index in [1.807, 2.05) is 0 Å². The Labute approximate surface area is 112 Å². The number of anilines is 1. The smallest absolute Gasteiger partial charge is 0.257 e. The minimum absolute atomic E-state index is 0.230. The van der Waals surface area contributed by atoms with E-state index >= 15 is 0 Å². The van der Waals surface area contributed by atoms with Crippen molar-refractivity contribution in [3.8, 4) is 0 Å². The summed E-state index contributed by atoms with van der Waals surface area (Å²) in [6.07, 6.45) is 3.13. The number of hydrogen-bond donors (Lipinski definition) is 1. The minimum atomic E-state index is -0.359. The minimum Gasteiger partial charge on any atom is -0.319 e. The molecule has 0 saturated carbocycles. The number of halogens is 1. The third kappa shape index (κ3) is 2.84. The van der Waals surface area contributed by atoms with Gasteiger partial charge in [0.15, 0.2) is 0 Å². The van der Waals surface area contributed by atoms with Gasteiger partial charge in [-0.1, -0.05) is 0 Å². The Morgan fingerprint density at radius 3 is 2.78 bits per heavy atom. The van der Waals surface area contributed by atoms with Crippen LogP contribution in [0.25, 0.3) is 0 Å². The Balaban J connectivity index is 2.19. The quantitative estimate of drug-likeness (QED) is 0.920. The molecule has 0 spiro atoms. The molecule has 18 heavy (non-hydrogen) atoms. The highest BCUT2D eigenvalue weighted by Gasteiger charge is 2.07. The van der Waals surface area contributed by atoms with Crippen molar-refractivity contribution in [2.75, 3.05) is 5.32 Å². The molecule has 0 aromatic carbocycles. The van der Waals surface area contributed by atoms with Crippen LogP contribution in [0.2, 0.25) is 0 Å². The summed E-state index contributed by atoms with van der Waals surface area (Å²) in [4.78, 5) is 27.3. The van der Waals surface area contributed by atoms with Crippen molar-refractivity contribution in [2.24, 2.45) is 7.05 Å². The monoisotopic (exact) mass is 307 g/mol. The first kappa shape index (κ1) is 12.5. The standard InChI is InChI=1S/C12H10BrN3O2/c1-16-5-4-8(6-11(16)17)12(18)15-10-3-2-9(13)7-14-10/h2-7H,1H3,(H,14,15,18). The number of carbonyl (C=O) groups is 1. The van der Waals surface area contributed by atoms with E-state index in [0.29, 0.717) is 11.4 Å². The molecule has 2 aromatic rings. The normalized spacial score (nSPS) is 10.1. The Bertz CT molecular complexity index is 635. The fourth-order valence-electron chi connectivity index (χ4n) is 1.33. The Hall–Kier alpha value is -1.95. The summed E-state index contributed by atoms with van der Waals surface area (Å²) < 4.78 is 2.23. The van der Waals surface area contributed by atoms with Crippen LogP contribution in [-0.2, 0) is 7.05 Å². The SMILES string of the molecule is Cn1ccc(C(=O)Nc2ccc(Br)cn2)cc1=O. The van der Waals surface area contributed by atoms with E-state index in [2.05, 4.69) is 26.2 Å². The molecule has 2 heterocycles. The van der Waals surface area contributed by atoms with Crippen LogP contribution in [0.4, 0.5) is 5.82 Å². The molecule has 0 saturated heterocycles. The van der Waals surface area contributed by atoms with E-state index in [4.69, 9.17) is 0 Å². The summed E-state index contributed by atoms with van der Waals surface area (Å²) in [5.74, 6) is 0.0754. The molecule has 1 amide bonds. The van der Waals surface area contributed by atoms with Crippen LogP contribution in [0.1, 0.15) is 10.4 Å². The first-order chi connectivity index (χ1) is 8.56. The van der Waals surface area contributed by atoms with Crippen molar-refractivity contribution in [1.82, 2.24) is 9.55 Å². The van der Waals surface area contributed by atoms with Crippen molar-refractivity contribution >= 4 is 27.7 Å². The summed E-state index contributed by atoms with van der Waals surface area (Å²) in [6.45, 7) is 0. The highest BCUT2D eigenvalue weighted by atomic mass is 79.9. The van der Waals surface area contributed by atoms with Gasteiger partial charge in [0.25, 0.3) is 11.5 Å². The van der Waals surface area contributed by atoms with Crippen molar-refractivity contribution in [3.05, 3.63) is 57.0 Å². The summed E-state index contributed by atoms with van der Waals surface area (Å²) in [6, 6.07) is 6.31. The number of aryl methyl sites for hydroxylation is 1. The number of nitrogens with zero attached hydrogens (tertiary/aromatic N) is 2. The van der Waals surface area contributed by atoms with Gasteiger partial charge in [-0.05, 0) is 34.1 Å². The van der Waals surface area contributed by atoms with Crippen molar-refractivity contribution in [2.45, 2.75) is 0 Å². The summed E-state index contributed by atoms with van der Waals surface area (Å²) in [7, 11) is 1.63. The first-order valence-electron chi connectivity index (χ1n) is 5.16. The van der Waals surface area contributed by atoms with E-state index < -0.39 is 0 Å². The highest BCUT2D eigenvalue weighted by Crippen LogP contribution is 2.11. The van der Waals surface area contributed by atoms with E-state index in [0.717, 1.165) is 4.47 Å². The van der Waals surface area contributed by atoms with Crippen molar-refractivity contribution < 1.29 is 4.79 Å². The molecule has 0 radical (unpaired) electrons. The molecule has 0 fully saturated rings.